The van der Waals surface area contributed by atoms with Gasteiger partial charge in [-0.15, -0.1) is 11.3 Å². The molecule has 2 heterocycles. The van der Waals surface area contributed by atoms with Gasteiger partial charge in [0.25, 0.3) is 0 Å². The fourth-order valence-corrected chi connectivity index (χ4v) is 3.98. The maximum absolute atomic E-state index is 5.72. The number of thiazole rings is 1. The topological polar surface area (TPSA) is 68.8 Å². The Bertz CT molecular complexity index is 570. The Kier molecular flexibility index (Phi) is 4.67. The average Bonchev–Trinajstić information content (AvgIpc) is 3.15. The van der Waals surface area contributed by atoms with Crippen molar-refractivity contribution in [1.29, 1.82) is 0 Å². The van der Waals surface area contributed by atoms with Crippen LogP contribution in [0.15, 0.2) is 17.8 Å². The molecule has 114 valence electrons. The van der Waals surface area contributed by atoms with Gasteiger partial charge in [0.15, 0.2) is 0 Å². The first-order valence-electron chi connectivity index (χ1n) is 7.68. The van der Waals surface area contributed by atoms with Gasteiger partial charge in [-0.2, -0.15) is 5.10 Å². The zero-order valence-electron chi connectivity index (χ0n) is 12.5. The van der Waals surface area contributed by atoms with E-state index in [1.54, 1.807) is 11.3 Å². The highest BCUT2D eigenvalue weighted by Gasteiger charge is 2.19. The minimum absolute atomic E-state index is 0.0900. The second kappa shape index (κ2) is 6.68. The molecule has 1 atom stereocenters. The molecule has 0 amide bonds. The Morgan fingerprint density at radius 3 is 2.90 bits per heavy atom. The third-order valence-corrected chi connectivity index (χ3v) is 5.37. The first kappa shape index (κ1) is 14.7. The SMILES string of the molecule is Cc1ncsc1C(Cc1ccn(C2CCCCC2)n1)NN. The van der Waals surface area contributed by atoms with Gasteiger partial charge in [-0.05, 0) is 25.8 Å². The summed E-state index contributed by atoms with van der Waals surface area (Å²) >= 11 is 1.65. The minimum atomic E-state index is 0.0900. The van der Waals surface area contributed by atoms with Crippen LogP contribution in [0.2, 0.25) is 0 Å². The highest BCUT2D eigenvalue weighted by Crippen LogP contribution is 2.28. The standard InChI is InChI=1S/C15H23N5S/c1-11-15(21-10-17-11)14(18-16)9-12-7-8-20(19-12)13-5-3-2-4-6-13/h7-8,10,13-14,18H,2-6,9,16H2,1H3. The van der Waals surface area contributed by atoms with E-state index in [4.69, 9.17) is 10.9 Å². The lowest BCUT2D eigenvalue weighted by molar-refractivity contribution is 0.327. The zero-order chi connectivity index (χ0) is 14.7. The molecule has 0 bridgehead atoms. The molecule has 1 unspecified atom stereocenters. The van der Waals surface area contributed by atoms with E-state index in [-0.39, 0.29) is 6.04 Å². The van der Waals surface area contributed by atoms with Crippen molar-refractivity contribution in [2.45, 2.75) is 57.5 Å². The van der Waals surface area contributed by atoms with E-state index in [1.165, 1.54) is 37.0 Å². The van der Waals surface area contributed by atoms with Gasteiger partial charge in [0.2, 0.25) is 0 Å². The Morgan fingerprint density at radius 1 is 1.43 bits per heavy atom. The third kappa shape index (κ3) is 3.33. The molecule has 0 aromatic carbocycles. The highest BCUT2D eigenvalue weighted by molar-refractivity contribution is 7.09. The quantitative estimate of drug-likeness (QED) is 0.658. The fourth-order valence-electron chi connectivity index (χ4n) is 3.12. The summed E-state index contributed by atoms with van der Waals surface area (Å²) in [5, 5.41) is 4.77. The molecular formula is C15H23N5S. The number of hydrazine groups is 1. The van der Waals surface area contributed by atoms with Gasteiger partial charge in [-0.25, -0.2) is 4.98 Å². The Hall–Kier alpha value is -1.24. The van der Waals surface area contributed by atoms with Crippen molar-refractivity contribution < 1.29 is 0 Å². The normalized spacial score (nSPS) is 18.0. The summed E-state index contributed by atoms with van der Waals surface area (Å²) in [6.45, 7) is 2.02. The van der Waals surface area contributed by atoms with E-state index in [0.29, 0.717) is 6.04 Å². The molecule has 1 saturated carbocycles. The van der Waals surface area contributed by atoms with Gasteiger partial charge in [-0.3, -0.25) is 16.0 Å². The van der Waals surface area contributed by atoms with Gasteiger partial charge in [0.1, 0.15) is 0 Å². The van der Waals surface area contributed by atoms with Crippen LogP contribution in [0.3, 0.4) is 0 Å². The molecule has 0 radical (unpaired) electrons. The average molecular weight is 305 g/mol. The van der Waals surface area contributed by atoms with Crippen molar-refractivity contribution in [3.8, 4) is 0 Å². The van der Waals surface area contributed by atoms with Gasteiger partial charge in [0.05, 0.1) is 29.0 Å². The summed E-state index contributed by atoms with van der Waals surface area (Å²) in [5.41, 5.74) is 6.92. The molecule has 3 N–H and O–H groups in total. The summed E-state index contributed by atoms with van der Waals surface area (Å²) in [4.78, 5) is 5.50. The first-order chi connectivity index (χ1) is 10.3. The Balaban J connectivity index is 1.69. The second-order valence-electron chi connectivity index (χ2n) is 5.80. The van der Waals surface area contributed by atoms with Crippen LogP contribution in [-0.2, 0) is 6.42 Å². The molecule has 21 heavy (non-hydrogen) atoms. The molecule has 1 aliphatic rings. The van der Waals surface area contributed by atoms with E-state index in [9.17, 15) is 0 Å². The molecule has 0 aliphatic heterocycles. The number of nitrogens with two attached hydrogens (primary N) is 1. The number of hydrogen-bond donors (Lipinski definition) is 2. The first-order valence-corrected chi connectivity index (χ1v) is 8.56. The van der Waals surface area contributed by atoms with Gasteiger partial charge in [-0.1, -0.05) is 19.3 Å². The van der Waals surface area contributed by atoms with Gasteiger partial charge in [0, 0.05) is 17.5 Å². The van der Waals surface area contributed by atoms with E-state index in [0.717, 1.165) is 17.8 Å². The summed E-state index contributed by atoms with van der Waals surface area (Å²) < 4.78 is 2.15. The van der Waals surface area contributed by atoms with E-state index in [2.05, 4.69) is 27.4 Å². The van der Waals surface area contributed by atoms with Crippen molar-refractivity contribution in [2.75, 3.05) is 0 Å². The zero-order valence-corrected chi connectivity index (χ0v) is 13.3. The van der Waals surface area contributed by atoms with Gasteiger partial charge < -0.3 is 0 Å². The molecule has 2 aromatic rings. The molecule has 6 heteroatoms. The van der Waals surface area contributed by atoms with Crippen LogP contribution in [0, 0.1) is 6.92 Å². The molecule has 2 aromatic heterocycles. The summed E-state index contributed by atoms with van der Waals surface area (Å²) in [7, 11) is 0. The van der Waals surface area contributed by atoms with E-state index >= 15 is 0 Å². The smallest absolute Gasteiger partial charge is 0.0798 e. The van der Waals surface area contributed by atoms with Crippen molar-refractivity contribution in [3.63, 3.8) is 0 Å². The molecule has 1 fully saturated rings. The minimum Gasteiger partial charge on any atom is -0.271 e. The maximum atomic E-state index is 5.72. The molecule has 3 rings (SSSR count). The molecule has 0 spiro atoms. The summed E-state index contributed by atoms with van der Waals surface area (Å²) in [6, 6.07) is 2.80. The van der Waals surface area contributed by atoms with Crippen molar-refractivity contribution in [1.82, 2.24) is 20.2 Å². The Morgan fingerprint density at radius 2 is 2.24 bits per heavy atom. The number of aryl methyl sites for hydroxylation is 1. The molecular weight excluding hydrogens is 282 g/mol. The maximum Gasteiger partial charge on any atom is 0.0798 e. The van der Waals surface area contributed by atoms with Crippen LogP contribution in [0.4, 0.5) is 0 Å². The monoisotopic (exact) mass is 305 g/mol. The van der Waals surface area contributed by atoms with Gasteiger partial charge >= 0.3 is 0 Å². The molecule has 5 nitrogen and oxygen atoms in total. The van der Waals surface area contributed by atoms with Crippen LogP contribution in [0.5, 0.6) is 0 Å². The van der Waals surface area contributed by atoms with Crippen molar-refractivity contribution in [3.05, 3.63) is 34.0 Å². The van der Waals surface area contributed by atoms with E-state index in [1.807, 2.05) is 12.4 Å². The number of nitrogens with one attached hydrogen (secondary N) is 1. The van der Waals surface area contributed by atoms with Crippen LogP contribution in [-0.4, -0.2) is 14.8 Å². The molecule has 1 aliphatic carbocycles. The summed E-state index contributed by atoms with van der Waals surface area (Å²) in [5.74, 6) is 5.72. The van der Waals surface area contributed by atoms with Crippen LogP contribution >= 0.6 is 11.3 Å². The number of hydrogen-bond acceptors (Lipinski definition) is 5. The van der Waals surface area contributed by atoms with Crippen LogP contribution in [0.25, 0.3) is 0 Å². The lowest BCUT2D eigenvalue weighted by atomic mass is 9.96. The number of aromatic nitrogens is 3. The highest BCUT2D eigenvalue weighted by atomic mass is 32.1. The van der Waals surface area contributed by atoms with Crippen LogP contribution < -0.4 is 11.3 Å². The predicted molar refractivity (Wildman–Crippen MR) is 85.0 cm³/mol. The van der Waals surface area contributed by atoms with Crippen LogP contribution in [0.1, 0.15) is 60.5 Å². The fraction of sp³-hybridized carbons (Fsp3) is 0.600. The largest absolute Gasteiger partial charge is 0.271 e. The molecule has 0 saturated heterocycles. The van der Waals surface area contributed by atoms with E-state index < -0.39 is 0 Å². The summed E-state index contributed by atoms with van der Waals surface area (Å²) in [6.07, 6.45) is 9.47. The number of nitrogens with zero attached hydrogens (tertiary/aromatic N) is 3. The van der Waals surface area contributed by atoms with Crippen molar-refractivity contribution in [2.24, 2.45) is 5.84 Å². The Labute approximate surface area is 129 Å². The lowest BCUT2D eigenvalue weighted by Gasteiger charge is -2.22. The number of rotatable bonds is 5. The third-order valence-electron chi connectivity index (χ3n) is 4.33. The predicted octanol–water partition coefficient (Wildman–Crippen LogP) is 2.90. The second-order valence-corrected chi connectivity index (χ2v) is 6.69. The van der Waals surface area contributed by atoms with Crippen molar-refractivity contribution >= 4 is 11.3 Å². The lowest BCUT2D eigenvalue weighted by Crippen LogP contribution is -2.29.